The minimum absolute atomic E-state index is 0.102. The first-order valence-corrected chi connectivity index (χ1v) is 10.5. The molecule has 11 heteroatoms. The van der Waals surface area contributed by atoms with Gasteiger partial charge in [-0.1, -0.05) is 0 Å². The molecule has 30 heavy (non-hydrogen) atoms. The summed E-state index contributed by atoms with van der Waals surface area (Å²) in [5, 5.41) is 2.58. The van der Waals surface area contributed by atoms with E-state index in [0.717, 1.165) is 0 Å². The van der Waals surface area contributed by atoms with Crippen molar-refractivity contribution in [2.24, 2.45) is 0 Å². The van der Waals surface area contributed by atoms with E-state index in [2.05, 4.69) is 5.32 Å². The lowest BCUT2D eigenvalue weighted by Gasteiger charge is -2.26. The average molecular weight is 443 g/mol. The van der Waals surface area contributed by atoms with Crippen LogP contribution in [0.4, 0.5) is 25.4 Å². The monoisotopic (exact) mass is 443 g/mol. The Morgan fingerprint density at radius 2 is 2.17 bits per heavy atom. The van der Waals surface area contributed by atoms with Crippen LogP contribution in [0.25, 0.3) is 0 Å². The number of rotatable bonds is 4. The topological polar surface area (TPSA) is 89.6 Å². The van der Waals surface area contributed by atoms with Gasteiger partial charge < -0.3 is 19.7 Å². The number of carbonyl (C=O) groups is 2. The van der Waals surface area contributed by atoms with Crippen LogP contribution in [0.15, 0.2) is 18.2 Å². The molecule has 2 aliphatic heterocycles. The van der Waals surface area contributed by atoms with E-state index in [1.54, 1.807) is 32.9 Å². The predicted molar refractivity (Wildman–Crippen MR) is 110 cm³/mol. The fourth-order valence-corrected chi connectivity index (χ4v) is 3.52. The number of nitrogens with one attached hydrogen (secondary N) is 1. The lowest BCUT2D eigenvalue weighted by Crippen LogP contribution is -2.38. The molecule has 1 aromatic carbocycles. The van der Waals surface area contributed by atoms with Gasteiger partial charge in [0.25, 0.3) is 0 Å². The van der Waals surface area contributed by atoms with Gasteiger partial charge in [0.15, 0.2) is 0 Å². The summed E-state index contributed by atoms with van der Waals surface area (Å²) in [6.45, 7) is 6.98. The van der Waals surface area contributed by atoms with Crippen molar-refractivity contribution in [3.8, 4) is 0 Å². The third-order valence-electron chi connectivity index (χ3n) is 4.32. The molecule has 0 aliphatic carbocycles. The molecule has 0 aromatic heterocycles. The second-order valence-electron chi connectivity index (χ2n) is 7.83. The van der Waals surface area contributed by atoms with Crippen LogP contribution in [0.3, 0.4) is 0 Å². The van der Waals surface area contributed by atoms with Crippen LogP contribution in [0.2, 0.25) is 0 Å². The van der Waals surface area contributed by atoms with E-state index in [1.807, 2.05) is 4.90 Å². The lowest BCUT2D eigenvalue weighted by atomic mass is 10.2. The zero-order valence-electron chi connectivity index (χ0n) is 17.2. The number of halogens is 1. The molecular weight excluding hydrogens is 417 g/mol. The van der Waals surface area contributed by atoms with Crippen LogP contribution in [-0.2, 0) is 18.7 Å². The highest BCUT2D eigenvalue weighted by Gasteiger charge is 2.33. The molecule has 3 rings (SSSR count). The molecule has 1 atom stereocenters. The van der Waals surface area contributed by atoms with Crippen molar-refractivity contribution in [1.29, 1.82) is 0 Å². The maximum Gasteiger partial charge on any atom is 0.414 e. The first-order chi connectivity index (χ1) is 14.2. The van der Waals surface area contributed by atoms with Gasteiger partial charge in [-0.2, -0.15) is 4.33 Å². The van der Waals surface area contributed by atoms with Crippen LogP contribution in [-0.4, -0.2) is 62.4 Å². The molecule has 2 amide bonds. The second kappa shape index (κ2) is 9.71. The zero-order valence-corrected chi connectivity index (χ0v) is 18.0. The Bertz CT molecular complexity index is 767. The highest BCUT2D eigenvalue weighted by atomic mass is 32.2. The molecule has 2 heterocycles. The second-order valence-corrected chi connectivity index (χ2v) is 8.61. The largest absolute Gasteiger partial charge is 0.444 e. The van der Waals surface area contributed by atoms with Gasteiger partial charge in [-0.15, -0.1) is 0 Å². The van der Waals surface area contributed by atoms with Gasteiger partial charge in [-0.25, -0.2) is 18.9 Å². The van der Waals surface area contributed by atoms with E-state index in [0.29, 0.717) is 36.8 Å². The fraction of sp³-hybridized carbons (Fsp3) is 0.579. The number of ether oxygens (including phenoxy) is 2. The first-order valence-electron chi connectivity index (χ1n) is 9.63. The molecule has 0 spiro atoms. The van der Waals surface area contributed by atoms with Gasteiger partial charge in [0.2, 0.25) is 0 Å². The molecule has 1 unspecified atom stereocenters. The lowest BCUT2D eigenvalue weighted by molar-refractivity contribution is -0.188. The SMILES string of the molecule is CC(C)(C)OC(=O)NCC1CN(c2ccc(N3CCOOSCC3)c(F)c2)C(=O)O1. The van der Waals surface area contributed by atoms with Crippen LogP contribution < -0.4 is 15.1 Å². The van der Waals surface area contributed by atoms with Crippen molar-refractivity contribution in [2.75, 3.05) is 48.3 Å². The Balaban J connectivity index is 1.59. The number of alkyl carbamates (subject to hydrolysis) is 1. The molecule has 9 nitrogen and oxygen atoms in total. The normalized spacial score (nSPS) is 20.4. The Morgan fingerprint density at radius 3 is 2.90 bits per heavy atom. The molecule has 0 saturated carbocycles. The van der Waals surface area contributed by atoms with Gasteiger partial charge in [-0.05, 0) is 39.0 Å². The predicted octanol–water partition coefficient (Wildman–Crippen LogP) is 3.09. The van der Waals surface area contributed by atoms with E-state index in [9.17, 15) is 14.0 Å². The molecule has 0 radical (unpaired) electrons. The minimum Gasteiger partial charge on any atom is -0.444 e. The van der Waals surface area contributed by atoms with Crippen LogP contribution in [0.1, 0.15) is 20.8 Å². The third-order valence-corrected chi connectivity index (χ3v) is 4.86. The summed E-state index contributed by atoms with van der Waals surface area (Å²) in [5.74, 6) is 0.188. The highest BCUT2D eigenvalue weighted by molar-refractivity contribution is 7.94. The molecule has 1 aromatic rings. The van der Waals surface area contributed by atoms with Crippen LogP contribution >= 0.6 is 12.0 Å². The fourth-order valence-electron chi connectivity index (χ4n) is 3.02. The minimum atomic E-state index is -0.619. The zero-order chi connectivity index (χ0) is 21.7. The molecule has 2 fully saturated rings. The van der Waals surface area contributed by atoms with Crippen LogP contribution in [0, 0.1) is 5.82 Å². The molecule has 2 aliphatic rings. The van der Waals surface area contributed by atoms with Gasteiger partial charge in [0.1, 0.15) is 24.1 Å². The number of carbonyl (C=O) groups excluding carboxylic acids is 2. The number of amides is 2. The van der Waals surface area contributed by atoms with E-state index < -0.39 is 29.7 Å². The Labute approximate surface area is 178 Å². The summed E-state index contributed by atoms with van der Waals surface area (Å²) >= 11 is 1.17. The van der Waals surface area contributed by atoms with Gasteiger partial charge in [-0.3, -0.25) is 4.90 Å². The summed E-state index contributed by atoms with van der Waals surface area (Å²) in [7, 11) is 0. The molecule has 1 N–H and O–H groups in total. The van der Waals surface area contributed by atoms with E-state index in [-0.39, 0.29) is 13.1 Å². The number of hydrogen-bond acceptors (Lipinski definition) is 8. The van der Waals surface area contributed by atoms with Crippen molar-refractivity contribution in [3.63, 3.8) is 0 Å². The Morgan fingerprint density at radius 1 is 1.37 bits per heavy atom. The summed E-state index contributed by atoms with van der Waals surface area (Å²) in [6, 6.07) is 4.62. The molecule has 2 saturated heterocycles. The van der Waals surface area contributed by atoms with Crippen molar-refractivity contribution >= 4 is 35.6 Å². The maximum absolute atomic E-state index is 14.8. The molecular formula is C19H26FN3O6S. The van der Waals surface area contributed by atoms with E-state index in [1.165, 1.54) is 23.0 Å². The molecule has 0 bridgehead atoms. The molecule has 166 valence electrons. The van der Waals surface area contributed by atoms with Gasteiger partial charge >= 0.3 is 12.2 Å². The number of cyclic esters (lactones) is 1. The quantitative estimate of drug-likeness (QED) is 0.561. The smallest absolute Gasteiger partial charge is 0.414 e. The maximum atomic E-state index is 14.8. The summed E-state index contributed by atoms with van der Waals surface area (Å²) < 4.78 is 30.1. The van der Waals surface area contributed by atoms with Crippen molar-refractivity contribution < 1.29 is 32.7 Å². The first kappa shape index (κ1) is 22.4. The number of benzene rings is 1. The van der Waals surface area contributed by atoms with Gasteiger partial charge in [0.05, 0.1) is 24.5 Å². The standard InChI is InChI=1S/C19H26FN3O6S/c1-19(2,3)28-17(24)21-11-14-12-23(18(25)27-14)13-4-5-16(15(20)10-13)22-6-8-26-29-30-9-7-22/h4-5,10,14H,6-9,11-12H2,1-3H3,(H,21,24). The summed E-state index contributed by atoms with van der Waals surface area (Å²) in [5.41, 5.74) is 0.203. The van der Waals surface area contributed by atoms with Crippen molar-refractivity contribution in [2.45, 2.75) is 32.5 Å². The number of hydrogen-bond donors (Lipinski definition) is 1. The number of anilines is 2. The third kappa shape index (κ3) is 6.13. The van der Waals surface area contributed by atoms with E-state index >= 15 is 0 Å². The number of nitrogens with zero attached hydrogens (tertiary/aromatic N) is 2. The Kier molecular flexibility index (Phi) is 7.27. The Hall–Kier alpha value is -2.24. The van der Waals surface area contributed by atoms with Crippen molar-refractivity contribution in [3.05, 3.63) is 24.0 Å². The summed E-state index contributed by atoms with van der Waals surface area (Å²) in [4.78, 5) is 32.2. The van der Waals surface area contributed by atoms with Gasteiger partial charge in [0, 0.05) is 30.9 Å². The highest BCUT2D eigenvalue weighted by Crippen LogP contribution is 2.28. The van der Waals surface area contributed by atoms with Crippen molar-refractivity contribution in [1.82, 2.24) is 5.32 Å². The van der Waals surface area contributed by atoms with Crippen LogP contribution in [0.5, 0.6) is 0 Å². The average Bonchev–Trinajstić information content (AvgIpc) is 3.00. The van der Waals surface area contributed by atoms with E-state index in [4.69, 9.17) is 18.7 Å². The summed E-state index contributed by atoms with van der Waals surface area (Å²) in [6.07, 6.45) is -1.74.